The highest BCUT2D eigenvalue weighted by atomic mass is 32.1. The third-order valence-corrected chi connectivity index (χ3v) is 5.92. The van der Waals surface area contributed by atoms with E-state index in [2.05, 4.69) is 25.5 Å². The quantitative estimate of drug-likeness (QED) is 0.434. The normalized spacial score (nSPS) is 14.1. The highest BCUT2D eigenvalue weighted by Crippen LogP contribution is 2.37. The Kier molecular flexibility index (Phi) is 6.75. The molecule has 0 bridgehead atoms. The number of carboxylic acids is 1. The fourth-order valence-corrected chi connectivity index (χ4v) is 4.05. The van der Waals surface area contributed by atoms with Gasteiger partial charge in [0.1, 0.15) is 22.0 Å². The van der Waals surface area contributed by atoms with Crippen LogP contribution in [0.5, 0.6) is 5.75 Å². The number of benzene rings is 1. The number of nitrogens with one attached hydrogen (secondary N) is 2. The van der Waals surface area contributed by atoms with E-state index in [1.165, 1.54) is 18.6 Å². The van der Waals surface area contributed by atoms with E-state index in [-0.39, 0.29) is 16.5 Å². The first-order valence-corrected chi connectivity index (χ1v) is 10.9. The van der Waals surface area contributed by atoms with Crippen LogP contribution in [0.25, 0.3) is 0 Å². The van der Waals surface area contributed by atoms with Gasteiger partial charge in [-0.25, -0.2) is 9.78 Å². The molecule has 3 heterocycles. The number of rotatable bonds is 7. The maximum atomic E-state index is 13.5. The molecule has 0 saturated carbocycles. The Hall–Kier alpha value is -3.58. The number of carboxylic acid groups (broad SMARTS) is 1. The Morgan fingerprint density at radius 3 is 2.65 bits per heavy atom. The van der Waals surface area contributed by atoms with Gasteiger partial charge in [0.25, 0.3) is 0 Å². The number of ether oxygens (including phenoxy) is 2. The third-order valence-electron chi connectivity index (χ3n) is 5.01. The topological polar surface area (TPSA) is 109 Å². The van der Waals surface area contributed by atoms with E-state index in [9.17, 15) is 23.1 Å². The number of anilines is 5. The molecule has 1 aromatic carbocycles. The monoisotopic (exact) mass is 495 g/mol. The number of methoxy groups -OCH3 is 1. The van der Waals surface area contributed by atoms with E-state index in [4.69, 9.17) is 9.47 Å². The van der Waals surface area contributed by atoms with Gasteiger partial charge in [-0.2, -0.15) is 18.2 Å². The van der Waals surface area contributed by atoms with Crippen LogP contribution in [-0.4, -0.2) is 54.5 Å². The van der Waals surface area contributed by atoms with Crippen molar-refractivity contribution in [3.63, 3.8) is 0 Å². The average molecular weight is 495 g/mol. The first-order chi connectivity index (χ1) is 16.3. The number of alkyl halides is 3. The first kappa shape index (κ1) is 23.6. The SMILES string of the molecule is COc1cc(N2CCOCC2)ccc1Nc1ncc(C(F)(F)F)c(Nc2ccsc2C(=O)O)n1. The highest BCUT2D eigenvalue weighted by molar-refractivity contribution is 7.12. The van der Waals surface area contributed by atoms with Crippen molar-refractivity contribution in [3.05, 3.63) is 46.3 Å². The van der Waals surface area contributed by atoms with Crippen molar-refractivity contribution in [3.8, 4) is 5.75 Å². The summed E-state index contributed by atoms with van der Waals surface area (Å²) in [5.41, 5.74) is 0.238. The minimum atomic E-state index is -4.75. The Labute approximate surface area is 196 Å². The molecule has 0 atom stereocenters. The van der Waals surface area contributed by atoms with Crippen LogP contribution in [0.1, 0.15) is 15.2 Å². The Morgan fingerprint density at radius 1 is 1.21 bits per heavy atom. The molecule has 1 fully saturated rings. The van der Waals surface area contributed by atoms with Gasteiger partial charge in [0.05, 0.1) is 31.7 Å². The molecule has 9 nitrogen and oxygen atoms in total. The van der Waals surface area contributed by atoms with Crippen LogP contribution < -0.4 is 20.3 Å². The van der Waals surface area contributed by atoms with Gasteiger partial charge in [0.15, 0.2) is 0 Å². The molecular formula is C21H20F3N5O4S. The zero-order valence-corrected chi connectivity index (χ0v) is 18.7. The molecule has 13 heteroatoms. The summed E-state index contributed by atoms with van der Waals surface area (Å²) in [6, 6.07) is 6.75. The summed E-state index contributed by atoms with van der Waals surface area (Å²) in [6.07, 6.45) is -4.11. The third kappa shape index (κ3) is 5.15. The molecule has 3 aromatic rings. The van der Waals surface area contributed by atoms with Crippen molar-refractivity contribution in [1.82, 2.24) is 9.97 Å². The molecule has 0 amide bonds. The molecule has 34 heavy (non-hydrogen) atoms. The lowest BCUT2D eigenvalue weighted by molar-refractivity contribution is -0.137. The molecule has 1 aliphatic heterocycles. The highest BCUT2D eigenvalue weighted by Gasteiger charge is 2.36. The maximum Gasteiger partial charge on any atom is 0.421 e. The van der Waals surface area contributed by atoms with E-state index < -0.39 is 23.5 Å². The number of aromatic nitrogens is 2. The molecule has 0 aliphatic carbocycles. The molecular weight excluding hydrogens is 475 g/mol. The van der Waals surface area contributed by atoms with E-state index >= 15 is 0 Å². The van der Waals surface area contributed by atoms with Crippen molar-refractivity contribution < 1.29 is 32.5 Å². The number of hydrogen-bond acceptors (Lipinski definition) is 9. The number of nitrogens with zero attached hydrogens (tertiary/aromatic N) is 3. The smallest absolute Gasteiger partial charge is 0.421 e. The molecule has 4 rings (SSSR count). The van der Waals surface area contributed by atoms with Crippen LogP contribution in [-0.2, 0) is 10.9 Å². The van der Waals surface area contributed by atoms with Crippen molar-refractivity contribution >= 4 is 46.1 Å². The Bertz CT molecular complexity index is 1180. The largest absolute Gasteiger partial charge is 0.494 e. The summed E-state index contributed by atoms with van der Waals surface area (Å²) < 4.78 is 51.5. The zero-order chi connectivity index (χ0) is 24.3. The van der Waals surface area contributed by atoms with Crippen LogP contribution in [0.4, 0.5) is 42.0 Å². The van der Waals surface area contributed by atoms with Gasteiger partial charge in [-0.15, -0.1) is 11.3 Å². The van der Waals surface area contributed by atoms with Crippen molar-refractivity contribution in [1.29, 1.82) is 0 Å². The molecule has 0 unspecified atom stereocenters. The standard InChI is InChI=1S/C21H20F3N5O4S/c1-32-16-10-12(29-5-7-33-8-6-29)2-3-14(16)27-20-25-11-13(21(22,23)24)18(28-20)26-15-4-9-34-17(15)19(30)31/h2-4,9-11H,5-8H2,1H3,(H,30,31)(H2,25,26,27,28). The van der Waals surface area contributed by atoms with Crippen LogP contribution >= 0.6 is 11.3 Å². The molecule has 1 saturated heterocycles. The van der Waals surface area contributed by atoms with E-state index in [0.29, 0.717) is 30.8 Å². The number of hydrogen-bond donors (Lipinski definition) is 3. The van der Waals surface area contributed by atoms with Gasteiger partial charge in [-0.05, 0) is 23.6 Å². The van der Waals surface area contributed by atoms with Gasteiger partial charge < -0.3 is 30.1 Å². The van der Waals surface area contributed by atoms with Gasteiger partial charge in [0, 0.05) is 31.0 Å². The maximum absolute atomic E-state index is 13.5. The first-order valence-electron chi connectivity index (χ1n) is 10.1. The summed E-state index contributed by atoms with van der Waals surface area (Å²) in [6.45, 7) is 2.69. The van der Waals surface area contributed by atoms with Crippen LogP contribution in [0, 0.1) is 0 Å². The number of thiophene rings is 1. The lowest BCUT2D eigenvalue weighted by Gasteiger charge is -2.29. The number of aromatic carboxylic acids is 1. The lowest BCUT2D eigenvalue weighted by Crippen LogP contribution is -2.36. The second-order valence-corrected chi connectivity index (χ2v) is 8.07. The molecule has 0 spiro atoms. The summed E-state index contributed by atoms with van der Waals surface area (Å²) in [5, 5.41) is 16.1. The summed E-state index contributed by atoms with van der Waals surface area (Å²) in [4.78, 5) is 21.1. The zero-order valence-electron chi connectivity index (χ0n) is 17.8. The molecule has 180 valence electrons. The summed E-state index contributed by atoms with van der Waals surface area (Å²) >= 11 is 0.884. The van der Waals surface area contributed by atoms with Crippen molar-refractivity contribution in [2.45, 2.75) is 6.18 Å². The van der Waals surface area contributed by atoms with E-state index in [1.807, 2.05) is 6.07 Å². The number of halogens is 3. The second-order valence-electron chi connectivity index (χ2n) is 7.16. The molecule has 3 N–H and O–H groups in total. The lowest BCUT2D eigenvalue weighted by atomic mass is 10.2. The number of morpholine rings is 1. The van der Waals surface area contributed by atoms with Gasteiger partial charge >= 0.3 is 12.1 Å². The Morgan fingerprint density at radius 2 is 1.97 bits per heavy atom. The van der Waals surface area contributed by atoms with Gasteiger partial charge in [-0.3, -0.25) is 0 Å². The molecule has 1 aliphatic rings. The predicted octanol–water partition coefficient (Wildman–Crippen LogP) is 4.59. The minimum Gasteiger partial charge on any atom is -0.494 e. The molecule has 2 aromatic heterocycles. The number of carbonyl (C=O) groups is 1. The average Bonchev–Trinajstić information content (AvgIpc) is 3.28. The van der Waals surface area contributed by atoms with Crippen molar-refractivity contribution in [2.75, 3.05) is 48.9 Å². The van der Waals surface area contributed by atoms with Gasteiger partial charge in [0.2, 0.25) is 5.95 Å². The van der Waals surface area contributed by atoms with Crippen LogP contribution in [0.15, 0.2) is 35.8 Å². The van der Waals surface area contributed by atoms with Crippen LogP contribution in [0.3, 0.4) is 0 Å². The van der Waals surface area contributed by atoms with E-state index in [0.717, 1.165) is 30.1 Å². The minimum absolute atomic E-state index is 0.0000876. The fraction of sp³-hybridized carbons (Fsp3) is 0.286. The fourth-order valence-electron chi connectivity index (χ4n) is 3.37. The summed E-state index contributed by atoms with van der Waals surface area (Å²) in [7, 11) is 1.48. The summed E-state index contributed by atoms with van der Waals surface area (Å²) in [5.74, 6) is -1.51. The van der Waals surface area contributed by atoms with Gasteiger partial charge in [-0.1, -0.05) is 0 Å². The van der Waals surface area contributed by atoms with E-state index in [1.54, 1.807) is 12.1 Å². The second kappa shape index (κ2) is 9.73. The van der Waals surface area contributed by atoms with Crippen molar-refractivity contribution in [2.24, 2.45) is 0 Å². The molecule has 0 radical (unpaired) electrons. The predicted molar refractivity (Wildman–Crippen MR) is 121 cm³/mol. The van der Waals surface area contributed by atoms with Crippen LogP contribution in [0.2, 0.25) is 0 Å². The Balaban J connectivity index is 1.64.